The van der Waals surface area contributed by atoms with Crippen molar-refractivity contribution < 1.29 is 4.74 Å². The smallest absolute Gasteiger partial charge is 0.151 e. The van der Waals surface area contributed by atoms with E-state index in [4.69, 9.17) is 9.72 Å². The predicted octanol–water partition coefficient (Wildman–Crippen LogP) is 5.19. The van der Waals surface area contributed by atoms with E-state index in [9.17, 15) is 0 Å². The summed E-state index contributed by atoms with van der Waals surface area (Å²) in [6.45, 7) is 17.4. The molecule has 2 aliphatic heterocycles. The number of pyridine rings is 1. The normalized spacial score (nSPS) is 18.4. The molecule has 0 bridgehead atoms. The third-order valence-corrected chi connectivity index (χ3v) is 7.11. The quantitative estimate of drug-likeness (QED) is 0.533. The molecule has 0 aliphatic carbocycles. The lowest BCUT2D eigenvalue weighted by Crippen LogP contribution is -2.47. The zero-order valence-electron chi connectivity index (χ0n) is 20.1. The Hall–Kier alpha value is -2.15. The van der Waals surface area contributed by atoms with Crippen LogP contribution in [0.5, 0.6) is 0 Å². The van der Waals surface area contributed by atoms with Gasteiger partial charge in [0.15, 0.2) is 5.76 Å². The van der Waals surface area contributed by atoms with Crippen LogP contribution in [0.4, 0.5) is 5.69 Å². The summed E-state index contributed by atoms with van der Waals surface area (Å²) in [5.74, 6) is 0.890. The van der Waals surface area contributed by atoms with Crippen LogP contribution in [0.2, 0.25) is 0 Å². The van der Waals surface area contributed by atoms with Crippen LogP contribution in [0, 0.1) is 0 Å². The van der Waals surface area contributed by atoms with Crippen molar-refractivity contribution in [2.45, 2.75) is 32.7 Å². The second-order valence-corrected chi connectivity index (χ2v) is 10.7. The van der Waals surface area contributed by atoms with Crippen LogP contribution in [-0.4, -0.2) is 66.3 Å². The van der Waals surface area contributed by atoms with Crippen molar-refractivity contribution in [2.75, 3.05) is 50.9 Å². The van der Waals surface area contributed by atoms with Crippen LogP contribution in [0.25, 0.3) is 5.76 Å². The van der Waals surface area contributed by atoms with Gasteiger partial charge in [0.25, 0.3) is 0 Å². The molecule has 5 nitrogen and oxygen atoms in total. The molecule has 1 aromatic carbocycles. The monoisotopic (exact) mass is 510 g/mol. The van der Waals surface area contributed by atoms with Crippen molar-refractivity contribution >= 4 is 27.4 Å². The number of nitrogens with zero attached hydrogens (tertiary/aromatic N) is 4. The molecule has 0 spiro atoms. The van der Waals surface area contributed by atoms with Crippen LogP contribution in [0.3, 0.4) is 0 Å². The summed E-state index contributed by atoms with van der Waals surface area (Å²) in [6.07, 6.45) is 4.75. The maximum absolute atomic E-state index is 6.26. The number of hydrogen-bond acceptors (Lipinski definition) is 5. The highest BCUT2D eigenvalue weighted by Crippen LogP contribution is 2.30. The molecule has 0 N–H and O–H groups in total. The summed E-state index contributed by atoms with van der Waals surface area (Å²) in [7, 11) is 0. The Morgan fingerprint density at radius 2 is 1.82 bits per heavy atom. The molecule has 0 saturated carbocycles. The van der Waals surface area contributed by atoms with Crippen molar-refractivity contribution in [1.82, 2.24) is 14.8 Å². The number of rotatable bonds is 6. The number of ether oxygens (including phenoxy) is 1. The molecule has 0 radical (unpaired) electrons. The van der Waals surface area contributed by atoms with E-state index in [0.29, 0.717) is 6.73 Å². The molecule has 2 aliphatic rings. The standard InChI is InChI=1S/C27H35BrN4O/c1-5-21-19-32(27(2,3)4)20-33-26(21)25-22(7-6-13-29-25)12-14-30-15-17-31(18-16-30)24-10-8-23(28)9-11-24/h5-11,13H,1,12,14-20H2,2-4H3. The van der Waals surface area contributed by atoms with Crippen LogP contribution in [0.15, 0.2) is 65.3 Å². The number of anilines is 1. The van der Waals surface area contributed by atoms with Gasteiger partial charge >= 0.3 is 0 Å². The Balaban J connectivity index is 1.40. The molecule has 3 heterocycles. The first kappa shape index (κ1) is 24.0. The molecule has 1 aromatic heterocycles. The summed E-state index contributed by atoms with van der Waals surface area (Å²) in [5, 5.41) is 0. The van der Waals surface area contributed by atoms with Gasteiger partial charge in [-0.05, 0) is 63.1 Å². The largest absolute Gasteiger partial charge is 0.475 e. The van der Waals surface area contributed by atoms with Crippen LogP contribution in [0.1, 0.15) is 32.0 Å². The predicted molar refractivity (Wildman–Crippen MR) is 140 cm³/mol. The van der Waals surface area contributed by atoms with Gasteiger partial charge in [-0.25, -0.2) is 0 Å². The molecular weight excluding hydrogens is 476 g/mol. The molecule has 33 heavy (non-hydrogen) atoms. The average molecular weight is 512 g/mol. The lowest BCUT2D eigenvalue weighted by atomic mass is 10.0. The summed E-state index contributed by atoms with van der Waals surface area (Å²) in [4.78, 5) is 12.1. The highest BCUT2D eigenvalue weighted by Gasteiger charge is 2.29. The molecule has 0 amide bonds. The molecule has 6 heteroatoms. The number of halogens is 1. The fraction of sp³-hybridized carbons (Fsp3) is 0.444. The second-order valence-electron chi connectivity index (χ2n) is 9.77. The Kier molecular flexibility index (Phi) is 7.57. The van der Waals surface area contributed by atoms with E-state index in [-0.39, 0.29) is 5.54 Å². The van der Waals surface area contributed by atoms with Crippen molar-refractivity contribution in [3.63, 3.8) is 0 Å². The topological polar surface area (TPSA) is 31.8 Å². The van der Waals surface area contributed by atoms with Crippen molar-refractivity contribution in [3.05, 3.63) is 76.6 Å². The van der Waals surface area contributed by atoms with Gasteiger partial charge in [0.1, 0.15) is 12.4 Å². The SMILES string of the molecule is C=CC1=C(c2ncccc2CCN2CCN(c3ccc(Br)cc3)CC2)OCN(C(C)(C)C)C1. The van der Waals surface area contributed by atoms with Gasteiger partial charge in [-0.15, -0.1) is 0 Å². The molecule has 176 valence electrons. The first-order valence-corrected chi connectivity index (χ1v) is 12.5. The minimum Gasteiger partial charge on any atom is -0.475 e. The molecule has 1 saturated heterocycles. The number of piperazine rings is 1. The Morgan fingerprint density at radius 3 is 2.48 bits per heavy atom. The Morgan fingerprint density at radius 1 is 1.09 bits per heavy atom. The van der Waals surface area contributed by atoms with E-state index in [1.165, 1.54) is 11.3 Å². The van der Waals surface area contributed by atoms with Gasteiger partial charge in [-0.3, -0.25) is 14.8 Å². The van der Waals surface area contributed by atoms with E-state index < -0.39 is 0 Å². The summed E-state index contributed by atoms with van der Waals surface area (Å²) >= 11 is 3.52. The minimum atomic E-state index is 0.0468. The van der Waals surface area contributed by atoms with Crippen LogP contribution < -0.4 is 4.90 Å². The van der Waals surface area contributed by atoms with Gasteiger partial charge in [0.05, 0.1) is 0 Å². The van der Waals surface area contributed by atoms with Gasteiger partial charge < -0.3 is 9.64 Å². The van der Waals surface area contributed by atoms with E-state index >= 15 is 0 Å². The lowest BCUT2D eigenvalue weighted by molar-refractivity contribution is 0.0276. The van der Waals surface area contributed by atoms with Crippen molar-refractivity contribution in [3.8, 4) is 0 Å². The maximum Gasteiger partial charge on any atom is 0.151 e. The molecule has 1 fully saturated rings. The highest BCUT2D eigenvalue weighted by molar-refractivity contribution is 9.10. The third-order valence-electron chi connectivity index (χ3n) is 6.58. The van der Waals surface area contributed by atoms with Gasteiger partial charge in [-0.1, -0.05) is 34.7 Å². The Labute approximate surface area is 206 Å². The van der Waals surface area contributed by atoms with Gasteiger partial charge in [0.2, 0.25) is 0 Å². The van der Waals surface area contributed by atoms with Gasteiger partial charge in [0, 0.05) is 66.7 Å². The fourth-order valence-electron chi connectivity index (χ4n) is 4.37. The van der Waals surface area contributed by atoms with E-state index in [1.54, 1.807) is 0 Å². The van der Waals surface area contributed by atoms with E-state index in [1.807, 2.05) is 18.3 Å². The van der Waals surface area contributed by atoms with Crippen LogP contribution in [-0.2, 0) is 11.2 Å². The highest BCUT2D eigenvalue weighted by atomic mass is 79.9. The summed E-state index contributed by atoms with van der Waals surface area (Å²) in [6, 6.07) is 12.8. The first-order chi connectivity index (χ1) is 15.8. The van der Waals surface area contributed by atoms with Crippen molar-refractivity contribution in [1.29, 1.82) is 0 Å². The number of benzene rings is 1. The third kappa shape index (κ3) is 5.86. The Bertz CT molecular complexity index is 988. The second kappa shape index (κ2) is 10.4. The van der Waals surface area contributed by atoms with Crippen LogP contribution >= 0.6 is 15.9 Å². The first-order valence-electron chi connectivity index (χ1n) is 11.8. The molecular formula is C27H35BrN4O. The fourth-order valence-corrected chi connectivity index (χ4v) is 4.64. The number of hydrogen-bond donors (Lipinski definition) is 0. The molecule has 0 atom stereocenters. The summed E-state index contributed by atoms with van der Waals surface area (Å²) < 4.78 is 7.38. The molecule has 2 aromatic rings. The molecule has 0 unspecified atom stereocenters. The lowest BCUT2D eigenvalue weighted by Gasteiger charge is -2.39. The maximum atomic E-state index is 6.26. The molecule has 4 rings (SSSR count). The average Bonchev–Trinajstić information content (AvgIpc) is 2.83. The van der Waals surface area contributed by atoms with Crippen molar-refractivity contribution in [2.24, 2.45) is 0 Å². The van der Waals surface area contributed by atoms with E-state index in [2.05, 4.69) is 88.3 Å². The number of aromatic nitrogens is 1. The van der Waals surface area contributed by atoms with Gasteiger partial charge in [-0.2, -0.15) is 0 Å². The van der Waals surface area contributed by atoms with E-state index in [0.717, 1.165) is 67.2 Å². The summed E-state index contributed by atoms with van der Waals surface area (Å²) in [5.41, 5.74) is 4.67. The zero-order valence-corrected chi connectivity index (χ0v) is 21.6. The minimum absolute atomic E-state index is 0.0468. The zero-order chi connectivity index (χ0) is 23.4.